The summed E-state index contributed by atoms with van der Waals surface area (Å²) in [5, 5.41) is 3.31. The Balaban J connectivity index is 2.47. The molecule has 0 aliphatic rings. The van der Waals surface area contributed by atoms with Crippen molar-refractivity contribution in [1.29, 1.82) is 0 Å². The summed E-state index contributed by atoms with van der Waals surface area (Å²) in [5.41, 5.74) is 4.56. The monoisotopic (exact) mass is 318 g/mol. The van der Waals surface area contributed by atoms with Gasteiger partial charge in [0.25, 0.3) is 0 Å². The molecule has 0 bridgehead atoms. The van der Waals surface area contributed by atoms with Crippen molar-refractivity contribution in [3.05, 3.63) is 42.9 Å². The molecule has 0 fully saturated rings. The van der Waals surface area contributed by atoms with E-state index in [1.807, 2.05) is 0 Å². The maximum Gasteiger partial charge on any atom is 0.339 e. The Morgan fingerprint density at radius 2 is 1.95 bits per heavy atom. The first-order valence-corrected chi connectivity index (χ1v) is 6.55. The van der Waals surface area contributed by atoms with E-state index >= 15 is 0 Å². The van der Waals surface area contributed by atoms with Gasteiger partial charge in [-0.15, -0.1) is 0 Å². The molecule has 6 nitrogen and oxygen atoms in total. The normalized spacial score (nSPS) is 10.7. The van der Waals surface area contributed by atoms with E-state index in [9.17, 15) is 9.59 Å². The molecule has 2 rings (SSSR count). The van der Waals surface area contributed by atoms with Gasteiger partial charge in [-0.2, -0.15) is 4.98 Å². The highest BCUT2D eigenvalue weighted by Crippen LogP contribution is 2.35. The lowest BCUT2D eigenvalue weighted by molar-refractivity contribution is 0.596. The molecule has 0 amide bonds. The number of hydrogen-bond donors (Lipinski definition) is 2. The zero-order valence-corrected chi connectivity index (χ0v) is 11.9. The summed E-state index contributed by atoms with van der Waals surface area (Å²) in [6.07, 6.45) is 0. The number of aryl methyl sites for hydroxylation is 1. The minimum atomic E-state index is -0.862. The van der Waals surface area contributed by atoms with E-state index in [0.29, 0.717) is 20.6 Å². The van der Waals surface area contributed by atoms with Crippen molar-refractivity contribution in [3.8, 4) is 0 Å². The molecule has 19 heavy (non-hydrogen) atoms. The van der Waals surface area contributed by atoms with Gasteiger partial charge in [0.2, 0.25) is 0 Å². The molecule has 9 heteroatoms. The molecule has 0 saturated heterocycles. The van der Waals surface area contributed by atoms with Crippen molar-refractivity contribution in [2.75, 3.05) is 5.73 Å². The van der Waals surface area contributed by atoms with E-state index in [0.717, 1.165) is 11.8 Å². The van der Waals surface area contributed by atoms with Gasteiger partial charge in [0, 0.05) is 17.6 Å². The molecule has 1 aromatic carbocycles. The number of aromatic nitrogens is 3. The van der Waals surface area contributed by atoms with Gasteiger partial charge < -0.3 is 5.73 Å². The smallest absolute Gasteiger partial charge is 0.339 e. The number of nitrogens with zero attached hydrogens (tertiary/aromatic N) is 2. The number of halogens is 2. The number of benzene rings is 1. The average Bonchev–Trinajstić information content (AvgIpc) is 2.32. The second-order valence-electron chi connectivity index (χ2n) is 3.61. The van der Waals surface area contributed by atoms with E-state index in [2.05, 4.69) is 10.1 Å². The Morgan fingerprint density at radius 1 is 1.32 bits per heavy atom. The van der Waals surface area contributed by atoms with Crippen molar-refractivity contribution in [2.45, 2.75) is 10.1 Å². The van der Waals surface area contributed by atoms with E-state index < -0.39 is 11.1 Å². The predicted octanol–water partition coefficient (Wildman–Crippen LogP) is 1.51. The maximum absolute atomic E-state index is 11.2. The van der Waals surface area contributed by atoms with Crippen LogP contribution < -0.4 is 16.9 Å². The molecule has 100 valence electrons. The predicted molar refractivity (Wildman–Crippen MR) is 75.1 cm³/mol. The van der Waals surface area contributed by atoms with Crippen LogP contribution in [-0.4, -0.2) is 14.8 Å². The first-order valence-electron chi connectivity index (χ1n) is 4.98. The number of aromatic amines is 1. The van der Waals surface area contributed by atoms with Gasteiger partial charge in [0.1, 0.15) is 0 Å². The fraction of sp³-hybridized carbons (Fsp3) is 0.100. The molecular formula is C10H8Cl2N4O2S. The van der Waals surface area contributed by atoms with Crippen molar-refractivity contribution in [3.63, 3.8) is 0 Å². The number of nitrogens with two attached hydrogens (primary N) is 1. The van der Waals surface area contributed by atoms with Crippen molar-refractivity contribution >= 4 is 40.7 Å². The highest BCUT2D eigenvalue weighted by Gasteiger charge is 2.11. The lowest BCUT2D eigenvalue weighted by Gasteiger charge is -2.09. The van der Waals surface area contributed by atoms with Crippen LogP contribution in [0.4, 0.5) is 5.69 Å². The minimum absolute atomic E-state index is 0.287. The minimum Gasteiger partial charge on any atom is -0.398 e. The molecule has 1 heterocycles. The Morgan fingerprint density at radius 3 is 2.63 bits per heavy atom. The lowest BCUT2D eigenvalue weighted by Crippen LogP contribution is -2.33. The van der Waals surface area contributed by atoms with E-state index in [1.54, 1.807) is 13.1 Å². The van der Waals surface area contributed by atoms with Gasteiger partial charge in [0.05, 0.1) is 10.0 Å². The molecule has 0 saturated carbocycles. The number of hydrogen-bond acceptors (Lipinski definition) is 5. The van der Waals surface area contributed by atoms with Crippen LogP contribution in [0.5, 0.6) is 0 Å². The van der Waals surface area contributed by atoms with Gasteiger partial charge in [-0.25, -0.2) is 0 Å². The third kappa shape index (κ3) is 2.94. The van der Waals surface area contributed by atoms with Crippen LogP contribution >= 0.6 is 35.0 Å². The summed E-state index contributed by atoms with van der Waals surface area (Å²) in [6.45, 7) is 0. The van der Waals surface area contributed by atoms with E-state index in [1.165, 1.54) is 10.7 Å². The molecule has 2 aromatic rings. The molecule has 0 aliphatic heterocycles. The Labute approximate surface area is 121 Å². The van der Waals surface area contributed by atoms with Crippen LogP contribution in [0.2, 0.25) is 10.0 Å². The van der Waals surface area contributed by atoms with E-state index in [4.69, 9.17) is 28.9 Å². The van der Waals surface area contributed by atoms with Crippen LogP contribution in [0.1, 0.15) is 0 Å². The summed E-state index contributed by atoms with van der Waals surface area (Å²) >= 11 is 12.8. The van der Waals surface area contributed by atoms with Gasteiger partial charge in [-0.05, 0) is 23.9 Å². The fourth-order valence-corrected chi connectivity index (χ4v) is 2.54. The topological polar surface area (TPSA) is 93.8 Å². The largest absolute Gasteiger partial charge is 0.398 e. The van der Waals surface area contributed by atoms with Gasteiger partial charge in [0.15, 0.2) is 5.16 Å². The van der Waals surface area contributed by atoms with Crippen molar-refractivity contribution < 1.29 is 0 Å². The van der Waals surface area contributed by atoms with Gasteiger partial charge in [-0.1, -0.05) is 23.2 Å². The lowest BCUT2D eigenvalue weighted by atomic mass is 10.3. The molecule has 3 N–H and O–H groups in total. The van der Waals surface area contributed by atoms with Crippen LogP contribution in [0.25, 0.3) is 0 Å². The molecule has 0 atom stereocenters. The first kappa shape index (κ1) is 14.0. The third-order valence-corrected chi connectivity index (χ3v) is 4.04. The van der Waals surface area contributed by atoms with Crippen LogP contribution in [0.3, 0.4) is 0 Å². The summed E-state index contributed by atoms with van der Waals surface area (Å²) in [7, 11) is 1.56. The zero-order valence-electron chi connectivity index (χ0n) is 9.61. The highest BCUT2D eigenvalue weighted by atomic mass is 35.5. The SMILES string of the molecule is Cn1[nH]c(=O)c(=O)nc1Sc1cc(Cl)c(Cl)cc1N. The summed E-state index contributed by atoms with van der Waals surface area (Å²) < 4.78 is 1.33. The summed E-state index contributed by atoms with van der Waals surface area (Å²) in [6, 6.07) is 3.08. The number of H-pyrrole nitrogens is 1. The van der Waals surface area contributed by atoms with Gasteiger partial charge in [-0.3, -0.25) is 19.4 Å². The van der Waals surface area contributed by atoms with Crippen LogP contribution in [0, 0.1) is 0 Å². The molecule has 1 aromatic heterocycles. The molecular weight excluding hydrogens is 311 g/mol. The molecule has 0 unspecified atom stereocenters. The second-order valence-corrected chi connectivity index (χ2v) is 5.43. The molecule has 0 radical (unpaired) electrons. The third-order valence-electron chi connectivity index (χ3n) is 2.20. The maximum atomic E-state index is 11.2. The van der Waals surface area contributed by atoms with Crippen molar-refractivity contribution in [2.24, 2.45) is 7.05 Å². The zero-order chi connectivity index (χ0) is 14.2. The number of rotatable bonds is 2. The quantitative estimate of drug-likeness (QED) is 0.646. The Kier molecular flexibility index (Phi) is 3.88. The van der Waals surface area contributed by atoms with Crippen molar-refractivity contribution in [1.82, 2.24) is 14.8 Å². The fourth-order valence-electron chi connectivity index (χ4n) is 1.28. The average molecular weight is 319 g/mol. The molecule has 0 aliphatic carbocycles. The summed E-state index contributed by atoms with van der Waals surface area (Å²) in [4.78, 5) is 26.6. The van der Waals surface area contributed by atoms with Gasteiger partial charge >= 0.3 is 11.1 Å². The standard InChI is InChI=1S/C10H8Cl2N4O2S/c1-16-10(14-8(17)9(18)15-16)19-7-3-5(12)4(11)2-6(7)13/h2-3H,13H2,1H3,(H,15,18). The number of nitrogen functional groups attached to an aromatic ring is 1. The summed E-state index contributed by atoms with van der Waals surface area (Å²) in [5.74, 6) is 0. The Bertz CT molecular complexity index is 756. The van der Waals surface area contributed by atoms with Crippen LogP contribution in [0.15, 0.2) is 31.8 Å². The molecule has 0 spiro atoms. The van der Waals surface area contributed by atoms with Crippen LogP contribution in [-0.2, 0) is 7.05 Å². The second kappa shape index (κ2) is 5.28. The Hall–Kier alpha value is -1.44. The number of nitrogens with one attached hydrogen (secondary N) is 1. The first-order chi connectivity index (χ1) is 8.88. The highest BCUT2D eigenvalue weighted by molar-refractivity contribution is 7.99. The number of anilines is 1. The van der Waals surface area contributed by atoms with E-state index in [-0.39, 0.29) is 5.16 Å².